The minimum Gasteiger partial charge on any atom is -0.449 e. The number of para-hydroxylation sites is 1. The molecule has 0 aliphatic carbocycles. The van der Waals surface area contributed by atoms with E-state index in [-0.39, 0.29) is 5.43 Å². The van der Waals surface area contributed by atoms with Crippen LogP contribution in [-0.4, -0.2) is 0 Å². The van der Waals surface area contributed by atoms with E-state index in [1.165, 1.54) is 12.0 Å². The Bertz CT molecular complexity index is 1000. The molecule has 26 heavy (non-hydrogen) atoms. The zero-order chi connectivity index (χ0) is 18.4. The van der Waals surface area contributed by atoms with Crippen molar-refractivity contribution in [3.63, 3.8) is 0 Å². The molecular weight excluding hydrogens is 340 g/mol. The van der Waals surface area contributed by atoms with Gasteiger partial charge in [0.15, 0.2) is 10.5 Å². The van der Waals surface area contributed by atoms with E-state index in [9.17, 15) is 4.79 Å². The van der Waals surface area contributed by atoms with E-state index in [2.05, 4.69) is 43.0 Å². The van der Waals surface area contributed by atoms with Crippen molar-refractivity contribution in [2.24, 2.45) is 0 Å². The number of thioether (sulfide) groups is 1. The molecule has 0 radical (unpaired) electrons. The van der Waals surface area contributed by atoms with Gasteiger partial charge in [-0.2, -0.15) is 0 Å². The van der Waals surface area contributed by atoms with Crippen molar-refractivity contribution >= 4 is 22.7 Å². The number of hydrogen-bond acceptors (Lipinski definition) is 3. The van der Waals surface area contributed by atoms with Crippen molar-refractivity contribution in [3.05, 3.63) is 75.4 Å². The second-order valence-electron chi connectivity index (χ2n) is 6.23. The lowest BCUT2D eigenvalue weighted by Gasteiger charge is -2.06. The van der Waals surface area contributed by atoms with Gasteiger partial charge in [-0.25, -0.2) is 0 Å². The number of hydrogen-bond donors (Lipinski definition) is 0. The van der Waals surface area contributed by atoms with Crippen molar-refractivity contribution in [3.8, 4) is 11.8 Å². The highest BCUT2D eigenvalue weighted by Gasteiger charge is 2.11. The van der Waals surface area contributed by atoms with Crippen LogP contribution in [0.4, 0.5) is 0 Å². The van der Waals surface area contributed by atoms with Gasteiger partial charge in [-0.05, 0) is 43.2 Å². The van der Waals surface area contributed by atoms with Crippen LogP contribution in [-0.2, 0) is 5.75 Å². The zero-order valence-electron chi connectivity index (χ0n) is 15.2. The topological polar surface area (TPSA) is 30.2 Å². The molecule has 2 nitrogen and oxygen atoms in total. The molecule has 2 aromatic carbocycles. The zero-order valence-corrected chi connectivity index (χ0v) is 16.0. The number of benzene rings is 2. The lowest BCUT2D eigenvalue weighted by atomic mass is 10.1. The summed E-state index contributed by atoms with van der Waals surface area (Å²) in [4.78, 5) is 12.5. The quantitative estimate of drug-likeness (QED) is 0.320. The number of unbranched alkanes of at least 4 members (excludes halogenated alkanes) is 2. The largest absolute Gasteiger partial charge is 0.449 e. The first-order chi connectivity index (χ1) is 12.7. The molecule has 0 aliphatic heterocycles. The molecule has 3 aromatic rings. The molecular formula is C23H22O2S. The lowest BCUT2D eigenvalue weighted by Crippen LogP contribution is -2.06. The molecule has 0 saturated heterocycles. The minimum absolute atomic E-state index is 0.0482. The Morgan fingerprint density at radius 2 is 1.85 bits per heavy atom. The van der Waals surface area contributed by atoms with Crippen LogP contribution in [0.1, 0.15) is 42.9 Å². The van der Waals surface area contributed by atoms with Crippen molar-refractivity contribution in [2.45, 2.75) is 44.0 Å². The van der Waals surface area contributed by atoms with Gasteiger partial charge in [-0.15, -0.1) is 0 Å². The van der Waals surface area contributed by atoms with Gasteiger partial charge in [-0.1, -0.05) is 61.2 Å². The second kappa shape index (κ2) is 8.78. The average Bonchev–Trinajstić information content (AvgIpc) is 2.68. The molecule has 3 rings (SSSR count). The number of fused-ring (bicyclic) bond motifs is 1. The molecule has 0 bridgehead atoms. The Balaban J connectivity index is 1.71. The second-order valence-corrected chi connectivity index (χ2v) is 7.18. The fourth-order valence-corrected chi connectivity index (χ4v) is 3.56. The molecule has 0 saturated carbocycles. The molecule has 132 valence electrons. The van der Waals surface area contributed by atoms with Crippen LogP contribution in [0.2, 0.25) is 0 Å². The van der Waals surface area contributed by atoms with Gasteiger partial charge in [0.1, 0.15) is 5.58 Å². The molecule has 3 heteroatoms. The van der Waals surface area contributed by atoms with E-state index in [1.807, 2.05) is 31.2 Å². The third-order valence-electron chi connectivity index (χ3n) is 4.19. The van der Waals surface area contributed by atoms with E-state index >= 15 is 0 Å². The molecule has 0 N–H and O–H groups in total. The normalized spacial score (nSPS) is 10.5. The van der Waals surface area contributed by atoms with E-state index in [1.54, 1.807) is 11.8 Å². The van der Waals surface area contributed by atoms with Crippen LogP contribution in [0.3, 0.4) is 0 Å². The molecule has 1 heterocycles. The van der Waals surface area contributed by atoms with Gasteiger partial charge in [0.05, 0.1) is 5.39 Å². The van der Waals surface area contributed by atoms with E-state index < -0.39 is 0 Å². The summed E-state index contributed by atoms with van der Waals surface area (Å²) >= 11 is 1.56. The first-order valence-electron chi connectivity index (χ1n) is 8.92. The molecule has 0 unspecified atom stereocenters. The highest BCUT2D eigenvalue weighted by atomic mass is 32.2. The maximum atomic E-state index is 12.5. The van der Waals surface area contributed by atoms with Crippen LogP contribution in [0.5, 0.6) is 0 Å². The Labute approximate surface area is 158 Å². The first kappa shape index (κ1) is 18.4. The van der Waals surface area contributed by atoms with Crippen molar-refractivity contribution in [1.82, 2.24) is 0 Å². The fraction of sp³-hybridized carbons (Fsp3) is 0.261. The van der Waals surface area contributed by atoms with Gasteiger partial charge in [0.25, 0.3) is 0 Å². The predicted molar refractivity (Wildman–Crippen MR) is 110 cm³/mol. The summed E-state index contributed by atoms with van der Waals surface area (Å²) in [5.74, 6) is 7.16. The Morgan fingerprint density at radius 3 is 2.62 bits per heavy atom. The van der Waals surface area contributed by atoms with Crippen molar-refractivity contribution in [2.75, 3.05) is 0 Å². The minimum atomic E-state index is 0.0482. The summed E-state index contributed by atoms with van der Waals surface area (Å²) in [6.45, 7) is 4.00. The standard InChI is InChI=1S/C23H22O2S/c1-3-4-5-6-9-18-12-14-19(15-13-18)16-26-23-17(2)22(24)20-10-7-8-11-21(20)25-23/h7-8,10-15H,3-5,16H2,1-2H3. The van der Waals surface area contributed by atoms with Crippen LogP contribution in [0.25, 0.3) is 11.0 Å². The molecule has 0 amide bonds. The third kappa shape index (κ3) is 4.39. The monoisotopic (exact) mass is 362 g/mol. The number of rotatable bonds is 5. The summed E-state index contributed by atoms with van der Waals surface area (Å²) in [7, 11) is 0. The summed E-state index contributed by atoms with van der Waals surface area (Å²) in [5, 5.41) is 1.33. The van der Waals surface area contributed by atoms with Crippen molar-refractivity contribution in [1.29, 1.82) is 0 Å². The van der Waals surface area contributed by atoms with Crippen LogP contribution in [0.15, 0.2) is 62.8 Å². The Morgan fingerprint density at radius 1 is 1.08 bits per heavy atom. The van der Waals surface area contributed by atoms with Crippen LogP contribution >= 0.6 is 11.8 Å². The highest BCUT2D eigenvalue weighted by molar-refractivity contribution is 7.98. The molecule has 1 aromatic heterocycles. The molecule has 0 fully saturated rings. The third-order valence-corrected chi connectivity index (χ3v) is 5.32. The molecule has 0 spiro atoms. The smallest absolute Gasteiger partial charge is 0.196 e. The van der Waals surface area contributed by atoms with Gasteiger partial charge in [-0.3, -0.25) is 4.79 Å². The van der Waals surface area contributed by atoms with Gasteiger partial charge in [0, 0.05) is 23.3 Å². The van der Waals surface area contributed by atoms with Crippen LogP contribution in [0, 0.1) is 18.8 Å². The summed E-state index contributed by atoms with van der Waals surface area (Å²) in [5.41, 5.74) is 3.59. The fourth-order valence-electron chi connectivity index (χ4n) is 2.61. The maximum absolute atomic E-state index is 12.5. The van der Waals surface area contributed by atoms with Crippen molar-refractivity contribution < 1.29 is 4.42 Å². The molecule has 0 aliphatic rings. The SMILES string of the molecule is CCCCC#Cc1ccc(CSc2oc3ccccc3c(=O)c2C)cc1. The summed E-state index contributed by atoms with van der Waals surface area (Å²) < 4.78 is 5.94. The van der Waals surface area contributed by atoms with E-state index in [0.717, 1.165) is 24.2 Å². The van der Waals surface area contributed by atoms with E-state index in [4.69, 9.17) is 4.42 Å². The average molecular weight is 362 g/mol. The maximum Gasteiger partial charge on any atom is 0.196 e. The Hall–Kier alpha value is -2.44. The Kier molecular flexibility index (Phi) is 6.20. The first-order valence-corrected chi connectivity index (χ1v) is 9.90. The highest BCUT2D eigenvalue weighted by Crippen LogP contribution is 2.27. The van der Waals surface area contributed by atoms with Crippen LogP contribution < -0.4 is 5.43 Å². The van der Waals surface area contributed by atoms with E-state index in [0.29, 0.717) is 21.6 Å². The van der Waals surface area contributed by atoms with Gasteiger partial charge >= 0.3 is 0 Å². The van der Waals surface area contributed by atoms with Gasteiger partial charge in [0.2, 0.25) is 0 Å². The lowest BCUT2D eigenvalue weighted by molar-refractivity contribution is 0.492. The van der Waals surface area contributed by atoms with Gasteiger partial charge < -0.3 is 4.42 Å². The summed E-state index contributed by atoms with van der Waals surface area (Å²) in [6, 6.07) is 15.7. The summed E-state index contributed by atoms with van der Waals surface area (Å²) in [6.07, 6.45) is 3.28. The molecule has 0 atom stereocenters. The predicted octanol–water partition coefficient (Wildman–Crippen LogP) is 5.94.